The van der Waals surface area contributed by atoms with E-state index in [0.717, 1.165) is 0 Å². The van der Waals surface area contributed by atoms with Gasteiger partial charge >= 0.3 is 0 Å². The molecule has 0 aliphatic carbocycles. The lowest BCUT2D eigenvalue weighted by molar-refractivity contribution is 0.0905. The molecule has 1 aromatic heterocycles. The minimum absolute atomic E-state index is 0.201. The number of carbonyl (C=O) groups is 1. The molecule has 5 heteroatoms. The van der Waals surface area contributed by atoms with Crippen LogP contribution in [0.4, 0.5) is 4.39 Å². The zero-order valence-corrected chi connectivity index (χ0v) is 10.7. The van der Waals surface area contributed by atoms with Crippen LogP contribution in [-0.4, -0.2) is 15.9 Å². The Morgan fingerprint density at radius 1 is 1.26 bits per heavy atom. The van der Waals surface area contributed by atoms with Gasteiger partial charge < -0.3 is 5.32 Å². The van der Waals surface area contributed by atoms with Crippen molar-refractivity contribution in [3.8, 4) is 0 Å². The molecule has 0 saturated heterocycles. The predicted molar refractivity (Wildman–Crippen MR) is 68.9 cm³/mol. The summed E-state index contributed by atoms with van der Waals surface area (Å²) in [7, 11) is 0. The van der Waals surface area contributed by atoms with Gasteiger partial charge in [-0.2, -0.15) is 0 Å². The first-order valence-corrected chi connectivity index (χ1v) is 5.84. The Hall–Kier alpha value is -2.30. The van der Waals surface area contributed by atoms with Gasteiger partial charge in [-0.3, -0.25) is 9.78 Å². The number of amides is 1. The fourth-order valence-electron chi connectivity index (χ4n) is 1.80. The summed E-state index contributed by atoms with van der Waals surface area (Å²) in [6, 6.07) is 6.35. The molecule has 1 N–H and O–H groups in total. The van der Waals surface area contributed by atoms with Crippen LogP contribution < -0.4 is 5.32 Å². The molecule has 0 spiro atoms. The van der Waals surface area contributed by atoms with Crippen molar-refractivity contribution in [2.75, 3.05) is 0 Å². The Bertz CT molecular complexity index is 584. The van der Waals surface area contributed by atoms with E-state index in [0.29, 0.717) is 5.56 Å². The second-order valence-corrected chi connectivity index (χ2v) is 4.65. The average Bonchev–Trinajstić information content (AvgIpc) is 2.39. The molecule has 4 nitrogen and oxygen atoms in total. The minimum atomic E-state index is -0.833. The zero-order chi connectivity index (χ0) is 13.9. The Morgan fingerprint density at radius 2 is 2.00 bits per heavy atom. The van der Waals surface area contributed by atoms with Gasteiger partial charge in [-0.15, -0.1) is 0 Å². The fraction of sp³-hybridized carbons (Fsp3) is 0.214. The maximum Gasteiger partial charge on any atom is 0.272 e. The topological polar surface area (TPSA) is 54.9 Å². The molecule has 2 aromatic rings. The van der Waals surface area contributed by atoms with Crippen molar-refractivity contribution in [1.29, 1.82) is 0 Å². The number of rotatable bonds is 3. The van der Waals surface area contributed by atoms with Gasteiger partial charge in [-0.05, 0) is 19.9 Å². The van der Waals surface area contributed by atoms with E-state index < -0.39 is 5.54 Å². The van der Waals surface area contributed by atoms with E-state index in [2.05, 4.69) is 15.3 Å². The number of aromatic nitrogens is 2. The summed E-state index contributed by atoms with van der Waals surface area (Å²) in [5.74, 6) is -0.742. The molecule has 0 radical (unpaired) electrons. The van der Waals surface area contributed by atoms with E-state index in [1.807, 2.05) is 0 Å². The van der Waals surface area contributed by atoms with Crippen molar-refractivity contribution < 1.29 is 9.18 Å². The first-order valence-electron chi connectivity index (χ1n) is 5.84. The summed E-state index contributed by atoms with van der Waals surface area (Å²) >= 11 is 0. The molecule has 0 aliphatic rings. The van der Waals surface area contributed by atoms with Crippen molar-refractivity contribution in [3.63, 3.8) is 0 Å². The number of nitrogens with one attached hydrogen (secondary N) is 1. The molecule has 0 aliphatic heterocycles. The Morgan fingerprint density at radius 3 is 2.63 bits per heavy atom. The highest BCUT2D eigenvalue weighted by molar-refractivity contribution is 5.92. The van der Waals surface area contributed by atoms with Crippen molar-refractivity contribution in [1.82, 2.24) is 15.3 Å². The molecule has 0 atom stereocenters. The lowest BCUT2D eigenvalue weighted by atomic mass is 9.93. The second-order valence-electron chi connectivity index (χ2n) is 4.65. The fourth-order valence-corrected chi connectivity index (χ4v) is 1.80. The highest BCUT2D eigenvalue weighted by Gasteiger charge is 2.26. The van der Waals surface area contributed by atoms with Crippen LogP contribution >= 0.6 is 0 Å². The molecular formula is C14H14FN3O. The molecule has 0 saturated carbocycles. The molecule has 2 rings (SSSR count). The number of hydrogen-bond donors (Lipinski definition) is 1. The SMILES string of the molecule is CC(C)(NC(=O)c1cnccn1)c1ccccc1F. The first kappa shape index (κ1) is 13.1. The van der Waals surface area contributed by atoms with Crippen LogP contribution in [0.15, 0.2) is 42.9 Å². The van der Waals surface area contributed by atoms with E-state index in [-0.39, 0.29) is 17.4 Å². The van der Waals surface area contributed by atoms with Crippen LogP contribution in [-0.2, 0) is 5.54 Å². The number of hydrogen-bond acceptors (Lipinski definition) is 3. The summed E-state index contributed by atoms with van der Waals surface area (Å²) in [4.78, 5) is 19.7. The minimum Gasteiger partial charge on any atom is -0.342 e. The van der Waals surface area contributed by atoms with Gasteiger partial charge in [-0.1, -0.05) is 18.2 Å². The van der Waals surface area contributed by atoms with Crippen molar-refractivity contribution in [3.05, 3.63) is 59.9 Å². The molecule has 0 bridgehead atoms. The van der Waals surface area contributed by atoms with Crippen molar-refractivity contribution >= 4 is 5.91 Å². The summed E-state index contributed by atoms with van der Waals surface area (Å²) in [6.45, 7) is 3.47. The summed E-state index contributed by atoms with van der Waals surface area (Å²) in [6.07, 6.45) is 4.29. The molecule has 1 heterocycles. The van der Waals surface area contributed by atoms with Gasteiger partial charge in [0.15, 0.2) is 0 Å². The third-order valence-electron chi connectivity index (χ3n) is 2.77. The zero-order valence-electron chi connectivity index (χ0n) is 10.7. The van der Waals surface area contributed by atoms with Crippen LogP contribution in [0.2, 0.25) is 0 Å². The number of carbonyl (C=O) groups excluding carboxylic acids is 1. The molecule has 19 heavy (non-hydrogen) atoms. The third-order valence-corrected chi connectivity index (χ3v) is 2.77. The van der Waals surface area contributed by atoms with Crippen molar-refractivity contribution in [2.24, 2.45) is 0 Å². The Balaban J connectivity index is 2.23. The van der Waals surface area contributed by atoms with E-state index in [1.165, 1.54) is 24.7 Å². The summed E-state index contributed by atoms with van der Waals surface area (Å²) < 4.78 is 13.8. The van der Waals surface area contributed by atoms with E-state index >= 15 is 0 Å². The van der Waals surface area contributed by atoms with Crippen LogP contribution in [0, 0.1) is 5.82 Å². The molecule has 0 unspecified atom stereocenters. The van der Waals surface area contributed by atoms with Gasteiger partial charge in [0, 0.05) is 18.0 Å². The Labute approximate surface area is 110 Å². The number of benzene rings is 1. The highest BCUT2D eigenvalue weighted by Crippen LogP contribution is 2.23. The highest BCUT2D eigenvalue weighted by atomic mass is 19.1. The van der Waals surface area contributed by atoms with Crippen molar-refractivity contribution in [2.45, 2.75) is 19.4 Å². The molecular weight excluding hydrogens is 245 g/mol. The van der Waals surface area contributed by atoms with Crippen LogP contribution in [0.1, 0.15) is 29.9 Å². The maximum absolute atomic E-state index is 13.8. The predicted octanol–water partition coefficient (Wildman–Crippen LogP) is 2.28. The lowest BCUT2D eigenvalue weighted by Crippen LogP contribution is -2.42. The summed E-state index contributed by atoms with van der Waals surface area (Å²) in [5.41, 5.74) is -0.209. The standard InChI is InChI=1S/C14H14FN3O/c1-14(2,10-5-3-4-6-11(10)15)18-13(19)12-9-16-7-8-17-12/h3-9H,1-2H3,(H,18,19). The van der Waals surface area contributed by atoms with Crippen LogP contribution in [0.3, 0.4) is 0 Å². The smallest absolute Gasteiger partial charge is 0.272 e. The molecule has 98 valence electrons. The van der Waals surface area contributed by atoms with E-state index in [9.17, 15) is 9.18 Å². The maximum atomic E-state index is 13.8. The monoisotopic (exact) mass is 259 g/mol. The Kier molecular flexibility index (Phi) is 3.55. The van der Waals surface area contributed by atoms with Gasteiger partial charge in [-0.25, -0.2) is 9.37 Å². The molecule has 1 amide bonds. The quantitative estimate of drug-likeness (QED) is 0.920. The van der Waals surface area contributed by atoms with Gasteiger partial charge in [0.05, 0.1) is 11.7 Å². The first-order chi connectivity index (χ1) is 9.00. The lowest BCUT2D eigenvalue weighted by Gasteiger charge is -2.27. The number of nitrogens with zero attached hydrogens (tertiary/aromatic N) is 2. The molecule has 0 fully saturated rings. The molecule has 1 aromatic carbocycles. The van der Waals surface area contributed by atoms with Gasteiger partial charge in [0.1, 0.15) is 11.5 Å². The van der Waals surface area contributed by atoms with E-state index in [1.54, 1.807) is 32.0 Å². The van der Waals surface area contributed by atoms with Crippen LogP contribution in [0.25, 0.3) is 0 Å². The summed E-state index contributed by atoms with van der Waals surface area (Å²) in [5, 5.41) is 2.75. The average molecular weight is 259 g/mol. The van der Waals surface area contributed by atoms with Gasteiger partial charge in [0.25, 0.3) is 5.91 Å². The van der Waals surface area contributed by atoms with Gasteiger partial charge in [0.2, 0.25) is 0 Å². The number of halogens is 1. The second kappa shape index (κ2) is 5.14. The van der Waals surface area contributed by atoms with E-state index in [4.69, 9.17) is 0 Å². The normalized spacial score (nSPS) is 11.1. The van der Waals surface area contributed by atoms with Crippen LogP contribution in [0.5, 0.6) is 0 Å². The largest absolute Gasteiger partial charge is 0.342 e. The third kappa shape index (κ3) is 2.93.